The van der Waals surface area contributed by atoms with Crippen LogP contribution >= 0.6 is 24.8 Å². The van der Waals surface area contributed by atoms with Crippen molar-refractivity contribution in [1.82, 2.24) is 9.80 Å². The summed E-state index contributed by atoms with van der Waals surface area (Å²) >= 11 is 0. The summed E-state index contributed by atoms with van der Waals surface area (Å²) in [6, 6.07) is 0.735. The van der Waals surface area contributed by atoms with Crippen molar-refractivity contribution in [3.63, 3.8) is 0 Å². The normalized spacial score (nSPS) is 29.0. The van der Waals surface area contributed by atoms with Crippen molar-refractivity contribution in [3.8, 4) is 0 Å². The molecule has 3 aliphatic rings. The Bertz CT molecular complexity index is 443. The Morgan fingerprint density at radius 2 is 1.59 bits per heavy atom. The molecule has 0 atom stereocenters. The number of carbonyl (C=O) groups excluding carboxylic acids is 1. The minimum Gasteiger partial charge on any atom is -0.381 e. The summed E-state index contributed by atoms with van der Waals surface area (Å²) in [6.45, 7) is 10.3. The fourth-order valence-corrected chi connectivity index (χ4v) is 5.03. The van der Waals surface area contributed by atoms with E-state index < -0.39 is 0 Å². The van der Waals surface area contributed by atoms with Gasteiger partial charge in [-0.05, 0) is 50.4 Å². The first kappa shape index (κ1) is 25.0. The molecule has 2 saturated heterocycles. The maximum atomic E-state index is 13.1. The van der Waals surface area contributed by atoms with Gasteiger partial charge in [0, 0.05) is 52.0 Å². The van der Waals surface area contributed by atoms with Crippen LogP contribution in [0.5, 0.6) is 0 Å². The fraction of sp³-hybridized carbons (Fsp3) is 0.950. The van der Waals surface area contributed by atoms with E-state index in [-0.39, 0.29) is 36.1 Å². The molecule has 3 fully saturated rings. The highest BCUT2D eigenvalue weighted by atomic mass is 35.5. The largest absolute Gasteiger partial charge is 0.381 e. The second-order valence-corrected chi connectivity index (χ2v) is 8.74. The molecule has 5 nitrogen and oxygen atoms in total. The molecular formula is C20H39Cl2N3O2. The van der Waals surface area contributed by atoms with Crippen molar-refractivity contribution in [2.24, 2.45) is 23.0 Å². The highest BCUT2D eigenvalue weighted by Gasteiger charge is 2.42. The van der Waals surface area contributed by atoms with Gasteiger partial charge in [-0.15, -0.1) is 24.8 Å². The quantitative estimate of drug-likeness (QED) is 0.754. The van der Waals surface area contributed by atoms with Gasteiger partial charge in [0.15, 0.2) is 0 Å². The maximum absolute atomic E-state index is 13.1. The summed E-state index contributed by atoms with van der Waals surface area (Å²) in [6.07, 6.45) is 6.97. The lowest BCUT2D eigenvalue weighted by Gasteiger charge is -2.45. The number of ether oxygens (including phenoxy) is 1. The molecule has 2 N–H and O–H groups in total. The lowest BCUT2D eigenvalue weighted by Crippen LogP contribution is -2.57. The first-order valence-electron chi connectivity index (χ1n) is 10.4. The van der Waals surface area contributed by atoms with Gasteiger partial charge in [0.05, 0.1) is 5.41 Å². The number of halogens is 2. The molecule has 27 heavy (non-hydrogen) atoms. The van der Waals surface area contributed by atoms with Crippen molar-refractivity contribution in [2.75, 3.05) is 45.9 Å². The zero-order valence-corrected chi connectivity index (χ0v) is 18.7. The fourth-order valence-electron chi connectivity index (χ4n) is 5.03. The van der Waals surface area contributed by atoms with Crippen LogP contribution in [0.3, 0.4) is 0 Å². The first-order chi connectivity index (χ1) is 12.1. The van der Waals surface area contributed by atoms with E-state index in [4.69, 9.17) is 10.5 Å². The van der Waals surface area contributed by atoms with E-state index in [9.17, 15) is 4.79 Å². The van der Waals surface area contributed by atoms with E-state index in [1.54, 1.807) is 0 Å². The number of nitrogens with zero attached hydrogens (tertiary/aromatic N) is 2. The molecule has 0 aromatic rings. The second kappa shape index (κ2) is 11.2. The molecule has 2 heterocycles. The molecule has 0 bridgehead atoms. The monoisotopic (exact) mass is 423 g/mol. The van der Waals surface area contributed by atoms with Gasteiger partial charge in [-0.3, -0.25) is 9.69 Å². The Morgan fingerprint density at radius 1 is 1.04 bits per heavy atom. The molecule has 1 saturated carbocycles. The van der Waals surface area contributed by atoms with Crippen LogP contribution in [0.25, 0.3) is 0 Å². The lowest BCUT2D eigenvalue weighted by atomic mass is 9.78. The zero-order valence-electron chi connectivity index (χ0n) is 17.0. The Balaban J connectivity index is 0.00000182. The second-order valence-electron chi connectivity index (χ2n) is 8.74. The van der Waals surface area contributed by atoms with E-state index in [1.165, 1.54) is 25.7 Å². The zero-order chi connectivity index (χ0) is 17.9. The molecule has 7 heteroatoms. The molecule has 3 rings (SSSR count). The van der Waals surface area contributed by atoms with Crippen LogP contribution in [0.2, 0.25) is 0 Å². The molecule has 0 unspecified atom stereocenters. The van der Waals surface area contributed by atoms with Gasteiger partial charge in [0.1, 0.15) is 0 Å². The minimum absolute atomic E-state index is 0. The van der Waals surface area contributed by atoms with Crippen LogP contribution in [0, 0.1) is 17.3 Å². The van der Waals surface area contributed by atoms with Crippen molar-refractivity contribution in [2.45, 2.75) is 58.4 Å². The van der Waals surface area contributed by atoms with E-state index >= 15 is 0 Å². The van der Waals surface area contributed by atoms with E-state index in [2.05, 4.69) is 23.6 Å². The van der Waals surface area contributed by atoms with Crippen LogP contribution in [0.1, 0.15) is 52.4 Å². The molecule has 0 spiro atoms. The molecule has 0 aromatic carbocycles. The standard InChI is InChI=1S/C20H37N3O2.2ClH/c1-16(2)17-3-5-18(6-4-17)22-9-11-23(12-10-22)19(24)20(15-21)7-13-25-14-8-20;;/h16-18H,3-15,21H2,1-2H3;2*1H. The van der Waals surface area contributed by atoms with Crippen LogP contribution in [0.4, 0.5) is 0 Å². The number of piperazine rings is 1. The Labute approximate surface area is 177 Å². The van der Waals surface area contributed by atoms with Crippen LogP contribution in [-0.4, -0.2) is 67.7 Å². The van der Waals surface area contributed by atoms with Crippen molar-refractivity contribution < 1.29 is 9.53 Å². The third-order valence-electron chi connectivity index (χ3n) is 7.10. The minimum atomic E-state index is -0.365. The van der Waals surface area contributed by atoms with Crippen LogP contribution in [-0.2, 0) is 9.53 Å². The van der Waals surface area contributed by atoms with Crippen molar-refractivity contribution >= 4 is 30.7 Å². The SMILES string of the molecule is CC(C)C1CCC(N2CCN(C(=O)C3(CN)CCOCC3)CC2)CC1.Cl.Cl. The summed E-state index contributed by atoms with van der Waals surface area (Å²) in [7, 11) is 0. The Morgan fingerprint density at radius 3 is 2.07 bits per heavy atom. The summed E-state index contributed by atoms with van der Waals surface area (Å²) in [5.74, 6) is 2.01. The maximum Gasteiger partial charge on any atom is 0.230 e. The number of rotatable bonds is 4. The van der Waals surface area contributed by atoms with E-state index in [1.807, 2.05) is 0 Å². The molecule has 2 aliphatic heterocycles. The van der Waals surface area contributed by atoms with Gasteiger partial charge >= 0.3 is 0 Å². The van der Waals surface area contributed by atoms with Gasteiger partial charge in [0.2, 0.25) is 5.91 Å². The third-order valence-corrected chi connectivity index (χ3v) is 7.10. The van der Waals surface area contributed by atoms with E-state index in [0.29, 0.717) is 19.8 Å². The summed E-state index contributed by atoms with van der Waals surface area (Å²) in [4.78, 5) is 17.8. The Hall–Kier alpha value is -0.0700. The molecule has 160 valence electrons. The van der Waals surface area contributed by atoms with Gasteiger partial charge in [0.25, 0.3) is 0 Å². The van der Waals surface area contributed by atoms with Crippen molar-refractivity contribution in [3.05, 3.63) is 0 Å². The topological polar surface area (TPSA) is 58.8 Å². The average Bonchev–Trinajstić information content (AvgIpc) is 2.68. The Kier molecular flexibility index (Phi) is 10.4. The highest BCUT2D eigenvalue weighted by molar-refractivity contribution is 5.85. The molecule has 0 radical (unpaired) electrons. The third kappa shape index (κ3) is 5.72. The number of hydrogen-bond acceptors (Lipinski definition) is 4. The van der Waals surface area contributed by atoms with Crippen LogP contribution < -0.4 is 5.73 Å². The molecular weight excluding hydrogens is 385 g/mol. The predicted octanol–water partition coefficient (Wildman–Crippen LogP) is 2.94. The van der Waals surface area contributed by atoms with Gasteiger partial charge in [-0.2, -0.15) is 0 Å². The van der Waals surface area contributed by atoms with Gasteiger partial charge in [-0.25, -0.2) is 0 Å². The number of nitrogens with two attached hydrogens (primary N) is 1. The average molecular weight is 424 g/mol. The predicted molar refractivity (Wildman–Crippen MR) is 115 cm³/mol. The van der Waals surface area contributed by atoms with Crippen molar-refractivity contribution in [1.29, 1.82) is 0 Å². The number of carbonyl (C=O) groups is 1. The summed E-state index contributed by atoms with van der Waals surface area (Å²) < 4.78 is 5.45. The smallest absolute Gasteiger partial charge is 0.230 e. The molecule has 1 amide bonds. The van der Waals surface area contributed by atoms with Gasteiger partial charge in [-0.1, -0.05) is 13.8 Å². The highest BCUT2D eigenvalue weighted by Crippen LogP contribution is 2.34. The van der Waals surface area contributed by atoms with E-state index in [0.717, 1.165) is 56.9 Å². The molecule has 0 aromatic heterocycles. The van der Waals surface area contributed by atoms with Crippen LogP contribution in [0.15, 0.2) is 0 Å². The van der Waals surface area contributed by atoms with Gasteiger partial charge < -0.3 is 15.4 Å². The number of amides is 1. The number of hydrogen-bond donors (Lipinski definition) is 1. The summed E-state index contributed by atoms with van der Waals surface area (Å²) in [5, 5.41) is 0. The molecule has 1 aliphatic carbocycles. The lowest BCUT2D eigenvalue weighted by molar-refractivity contribution is -0.149. The first-order valence-corrected chi connectivity index (χ1v) is 10.4. The summed E-state index contributed by atoms with van der Waals surface area (Å²) in [5.41, 5.74) is 5.65.